The van der Waals surface area contributed by atoms with E-state index in [1.165, 1.54) is 4.90 Å². The highest BCUT2D eigenvalue weighted by molar-refractivity contribution is 6.00. The Morgan fingerprint density at radius 3 is 2.30 bits per heavy atom. The Hall–Kier alpha value is -2.04. The number of likely N-dealkylation sites (N-methyl/N-ethyl adjacent to an activating group) is 2. The zero-order chi connectivity index (χ0) is 15.1. The van der Waals surface area contributed by atoms with Crippen molar-refractivity contribution in [2.45, 2.75) is 13.8 Å². The summed E-state index contributed by atoms with van der Waals surface area (Å²) >= 11 is 0. The summed E-state index contributed by atoms with van der Waals surface area (Å²) in [6.07, 6.45) is 0. The molecule has 5 nitrogen and oxygen atoms in total. The van der Waals surface area contributed by atoms with Gasteiger partial charge in [0.1, 0.15) is 0 Å². The van der Waals surface area contributed by atoms with Crippen LogP contribution in [0.3, 0.4) is 0 Å². The Labute approximate surface area is 120 Å². The molecule has 0 bridgehead atoms. The average molecular weight is 277 g/mol. The monoisotopic (exact) mass is 277 g/mol. The molecule has 2 amide bonds. The third kappa shape index (κ3) is 3.73. The van der Waals surface area contributed by atoms with E-state index in [0.717, 1.165) is 5.69 Å². The van der Waals surface area contributed by atoms with Gasteiger partial charge in [-0.3, -0.25) is 9.59 Å². The lowest BCUT2D eigenvalue weighted by molar-refractivity contribution is -0.131. The predicted octanol–water partition coefficient (Wildman–Crippen LogP) is 1.67. The van der Waals surface area contributed by atoms with Crippen molar-refractivity contribution in [3.05, 3.63) is 29.8 Å². The van der Waals surface area contributed by atoms with Crippen molar-refractivity contribution in [1.29, 1.82) is 0 Å². The Morgan fingerprint density at radius 1 is 1.15 bits per heavy atom. The van der Waals surface area contributed by atoms with Crippen LogP contribution in [0.25, 0.3) is 0 Å². The normalized spacial score (nSPS) is 10.0. The molecule has 1 N–H and O–H groups in total. The molecular weight excluding hydrogens is 254 g/mol. The van der Waals surface area contributed by atoms with Gasteiger partial charge in [0.25, 0.3) is 5.91 Å². The van der Waals surface area contributed by atoms with Gasteiger partial charge in [-0.2, -0.15) is 0 Å². The van der Waals surface area contributed by atoms with Crippen LogP contribution in [0.2, 0.25) is 0 Å². The van der Waals surface area contributed by atoms with Crippen LogP contribution in [0.4, 0.5) is 5.69 Å². The van der Waals surface area contributed by atoms with Gasteiger partial charge in [0.05, 0.1) is 12.1 Å². The lowest BCUT2D eigenvalue weighted by Gasteiger charge is -2.23. The third-order valence-electron chi connectivity index (χ3n) is 3.26. The van der Waals surface area contributed by atoms with Crippen molar-refractivity contribution in [2.24, 2.45) is 0 Å². The van der Waals surface area contributed by atoms with Gasteiger partial charge in [-0.25, -0.2) is 0 Å². The molecule has 0 radical (unpaired) electrons. The van der Waals surface area contributed by atoms with E-state index in [4.69, 9.17) is 0 Å². The SMILES string of the molecule is CCN(CC)C(=O)CN(C)C(=O)c1ccccc1NC. The number of hydrogen-bond donors (Lipinski definition) is 1. The van der Waals surface area contributed by atoms with Gasteiger partial charge in [-0.15, -0.1) is 0 Å². The average Bonchev–Trinajstić information content (AvgIpc) is 2.47. The first-order valence-corrected chi connectivity index (χ1v) is 6.85. The first-order valence-electron chi connectivity index (χ1n) is 6.85. The number of amides is 2. The second kappa shape index (κ2) is 7.53. The van der Waals surface area contributed by atoms with E-state index >= 15 is 0 Å². The second-order valence-electron chi connectivity index (χ2n) is 4.52. The number of benzene rings is 1. The molecule has 0 heterocycles. The number of hydrogen-bond acceptors (Lipinski definition) is 3. The van der Waals surface area contributed by atoms with Gasteiger partial charge in [-0.05, 0) is 26.0 Å². The van der Waals surface area contributed by atoms with Gasteiger partial charge in [0.15, 0.2) is 0 Å². The molecule has 0 spiro atoms. The van der Waals surface area contributed by atoms with Crippen LogP contribution < -0.4 is 5.32 Å². The molecule has 1 aromatic carbocycles. The smallest absolute Gasteiger partial charge is 0.256 e. The zero-order valence-corrected chi connectivity index (χ0v) is 12.6. The molecule has 0 aromatic heterocycles. The Morgan fingerprint density at radius 2 is 1.75 bits per heavy atom. The molecule has 0 unspecified atom stereocenters. The summed E-state index contributed by atoms with van der Waals surface area (Å²) in [5.74, 6) is -0.191. The number of nitrogens with zero attached hydrogens (tertiary/aromatic N) is 2. The van der Waals surface area contributed by atoms with Crippen molar-refractivity contribution in [2.75, 3.05) is 39.0 Å². The zero-order valence-electron chi connectivity index (χ0n) is 12.6. The van der Waals surface area contributed by atoms with Gasteiger partial charge in [0.2, 0.25) is 5.91 Å². The van der Waals surface area contributed by atoms with Crippen LogP contribution in [0, 0.1) is 0 Å². The maximum atomic E-state index is 12.4. The molecule has 0 aliphatic carbocycles. The van der Waals surface area contributed by atoms with Gasteiger partial charge < -0.3 is 15.1 Å². The highest BCUT2D eigenvalue weighted by atomic mass is 16.2. The summed E-state index contributed by atoms with van der Waals surface area (Å²) in [5.41, 5.74) is 1.34. The van der Waals surface area contributed by atoms with E-state index in [-0.39, 0.29) is 18.4 Å². The van der Waals surface area contributed by atoms with Gasteiger partial charge in [0, 0.05) is 32.9 Å². The minimum atomic E-state index is -0.157. The fourth-order valence-corrected chi connectivity index (χ4v) is 2.04. The highest BCUT2D eigenvalue weighted by Gasteiger charge is 2.19. The van der Waals surface area contributed by atoms with Crippen LogP contribution in [-0.4, -0.2) is 55.3 Å². The summed E-state index contributed by atoms with van der Waals surface area (Å²) < 4.78 is 0. The molecule has 5 heteroatoms. The van der Waals surface area contributed by atoms with Crippen LogP contribution in [-0.2, 0) is 4.79 Å². The van der Waals surface area contributed by atoms with Crippen molar-refractivity contribution in [1.82, 2.24) is 9.80 Å². The number of carbonyl (C=O) groups excluding carboxylic acids is 2. The molecule has 0 aliphatic rings. The fraction of sp³-hybridized carbons (Fsp3) is 0.467. The maximum absolute atomic E-state index is 12.4. The first-order chi connectivity index (χ1) is 9.54. The lowest BCUT2D eigenvalue weighted by Crippen LogP contribution is -2.41. The van der Waals surface area contributed by atoms with Crippen LogP contribution >= 0.6 is 0 Å². The van der Waals surface area contributed by atoms with Crippen molar-refractivity contribution < 1.29 is 9.59 Å². The summed E-state index contributed by atoms with van der Waals surface area (Å²) in [6, 6.07) is 7.28. The molecule has 1 rings (SSSR count). The molecular formula is C15H23N3O2. The molecule has 110 valence electrons. The number of carbonyl (C=O) groups is 2. The highest BCUT2D eigenvalue weighted by Crippen LogP contribution is 2.16. The Kier molecular flexibility index (Phi) is 6.03. The van der Waals surface area contributed by atoms with Crippen molar-refractivity contribution in [3.8, 4) is 0 Å². The minimum absolute atomic E-state index is 0.0345. The van der Waals surface area contributed by atoms with E-state index in [0.29, 0.717) is 18.7 Å². The number of anilines is 1. The molecule has 1 aromatic rings. The van der Waals surface area contributed by atoms with Gasteiger partial charge >= 0.3 is 0 Å². The molecule has 0 atom stereocenters. The Bertz CT molecular complexity index is 470. The van der Waals surface area contributed by atoms with Crippen LogP contribution in [0.15, 0.2) is 24.3 Å². The lowest BCUT2D eigenvalue weighted by atomic mass is 10.1. The van der Waals surface area contributed by atoms with E-state index < -0.39 is 0 Å². The maximum Gasteiger partial charge on any atom is 0.256 e. The largest absolute Gasteiger partial charge is 0.387 e. The molecule has 0 aliphatic heterocycles. The summed E-state index contributed by atoms with van der Waals surface area (Å²) in [4.78, 5) is 27.6. The number of nitrogens with one attached hydrogen (secondary N) is 1. The van der Waals surface area contributed by atoms with Crippen molar-refractivity contribution in [3.63, 3.8) is 0 Å². The van der Waals surface area contributed by atoms with E-state index in [9.17, 15) is 9.59 Å². The topological polar surface area (TPSA) is 52.7 Å². The number of rotatable bonds is 6. The third-order valence-corrected chi connectivity index (χ3v) is 3.26. The quantitative estimate of drug-likeness (QED) is 0.860. The Balaban J connectivity index is 2.79. The summed E-state index contributed by atoms with van der Waals surface area (Å²) in [7, 11) is 3.42. The van der Waals surface area contributed by atoms with Gasteiger partial charge in [-0.1, -0.05) is 12.1 Å². The number of para-hydroxylation sites is 1. The van der Waals surface area contributed by atoms with Crippen molar-refractivity contribution >= 4 is 17.5 Å². The summed E-state index contributed by atoms with van der Waals surface area (Å²) in [6.45, 7) is 5.27. The molecule has 0 saturated carbocycles. The standard InChI is InChI=1S/C15H23N3O2/c1-5-18(6-2)14(19)11-17(4)15(20)12-9-7-8-10-13(12)16-3/h7-10,16H,5-6,11H2,1-4H3. The molecule has 0 fully saturated rings. The van der Waals surface area contributed by atoms with Crippen LogP contribution in [0.1, 0.15) is 24.2 Å². The molecule has 20 heavy (non-hydrogen) atoms. The van der Waals surface area contributed by atoms with E-state index in [1.54, 1.807) is 25.1 Å². The van der Waals surface area contributed by atoms with E-state index in [2.05, 4.69) is 5.32 Å². The fourth-order valence-electron chi connectivity index (χ4n) is 2.04. The second-order valence-corrected chi connectivity index (χ2v) is 4.52. The molecule has 0 saturated heterocycles. The van der Waals surface area contributed by atoms with Crippen LogP contribution in [0.5, 0.6) is 0 Å². The summed E-state index contributed by atoms with van der Waals surface area (Å²) in [5, 5.41) is 2.99. The van der Waals surface area contributed by atoms with E-state index in [1.807, 2.05) is 32.0 Å². The minimum Gasteiger partial charge on any atom is -0.387 e. The first kappa shape index (κ1) is 16.0. The predicted molar refractivity (Wildman–Crippen MR) is 80.9 cm³/mol.